The second-order valence-corrected chi connectivity index (χ2v) is 4.77. The monoisotopic (exact) mass is 295 g/mol. The highest BCUT2D eigenvalue weighted by molar-refractivity contribution is 5.86. The van der Waals surface area contributed by atoms with Gasteiger partial charge in [0, 0.05) is 16.7 Å². The summed E-state index contributed by atoms with van der Waals surface area (Å²) in [5.41, 5.74) is 2.34. The summed E-state index contributed by atoms with van der Waals surface area (Å²) in [4.78, 5) is 15.6. The van der Waals surface area contributed by atoms with Crippen molar-refractivity contribution in [2.75, 3.05) is 0 Å². The van der Waals surface area contributed by atoms with E-state index in [2.05, 4.69) is 4.98 Å². The van der Waals surface area contributed by atoms with Gasteiger partial charge < -0.3 is 0 Å². The summed E-state index contributed by atoms with van der Waals surface area (Å²) in [7, 11) is 0. The van der Waals surface area contributed by atoms with Crippen molar-refractivity contribution in [1.82, 2.24) is 4.98 Å². The quantitative estimate of drug-likeness (QED) is 0.666. The van der Waals surface area contributed by atoms with E-state index in [-0.39, 0.29) is 5.82 Å². The van der Waals surface area contributed by atoms with Crippen molar-refractivity contribution in [3.8, 4) is 22.5 Å². The smallest absolute Gasteiger partial charge is 0.152 e. The standard InChI is InChI=1S/C18H11F2NO/c19-15-5-1-3-12(9-15)17-8-7-14(11-22)18(21-17)13-4-2-6-16(20)10-13/h1-11H. The number of carbonyl (C=O) groups is 1. The van der Waals surface area contributed by atoms with Crippen molar-refractivity contribution in [2.45, 2.75) is 0 Å². The highest BCUT2D eigenvalue weighted by atomic mass is 19.1. The fourth-order valence-electron chi connectivity index (χ4n) is 2.24. The third kappa shape index (κ3) is 2.76. The molecule has 108 valence electrons. The van der Waals surface area contributed by atoms with Crippen LogP contribution in [0.4, 0.5) is 8.78 Å². The molecule has 0 aliphatic heterocycles. The number of halogens is 2. The lowest BCUT2D eigenvalue weighted by Crippen LogP contribution is -1.95. The summed E-state index contributed by atoms with van der Waals surface area (Å²) in [6.45, 7) is 0. The van der Waals surface area contributed by atoms with Gasteiger partial charge in [-0.15, -0.1) is 0 Å². The number of aromatic nitrogens is 1. The van der Waals surface area contributed by atoms with Crippen molar-refractivity contribution in [3.63, 3.8) is 0 Å². The third-order valence-corrected chi connectivity index (χ3v) is 3.27. The minimum absolute atomic E-state index is 0.353. The first-order valence-electron chi connectivity index (χ1n) is 6.65. The van der Waals surface area contributed by atoms with Crippen molar-refractivity contribution >= 4 is 6.29 Å². The van der Waals surface area contributed by atoms with Crippen molar-refractivity contribution in [1.29, 1.82) is 0 Å². The summed E-state index contributed by atoms with van der Waals surface area (Å²) in [5, 5.41) is 0. The van der Waals surface area contributed by atoms with E-state index in [4.69, 9.17) is 0 Å². The Bertz CT molecular complexity index is 846. The van der Waals surface area contributed by atoms with Gasteiger partial charge in [0.1, 0.15) is 11.6 Å². The van der Waals surface area contributed by atoms with Crippen LogP contribution in [0.3, 0.4) is 0 Å². The summed E-state index contributed by atoms with van der Waals surface area (Å²) in [5.74, 6) is -0.779. The third-order valence-electron chi connectivity index (χ3n) is 3.27. The Morgan fingerprint density at radius 1 is 0.818 bits per heavy atom. The number of hydrogen-bond acceptors (Lipinski definition) is 2. The van der Waals surface area contributed by atoms with Crippen LogP contribution in [0.5, 0.6) is 0 Å². The van der Waals surface area contributed by atoms with Crippen LogP contribution in [0.1, 0.15) is 10.4 Å². The molecule has 0 aliphatic rings. The van der Waals surface area contributed by atoms with E-state index in [9.17, 15) is 13.6 Å². The molecule has 0 fully saturated rings. The van der Waals surface area contributed by atoms with E-state index in [0.29, 0.717) is 34.4 Å². The molecule has 3 aromatic rings. The minimum Gasteiger partial charge on any atom is -0.298 e. The van der Waals surface area contributed by atoms with Crippen molar-refractivity contribution in [2.24, 2.45) is 0 Å². The predicted molar refractivity (Wildman–Crippen MR) is 80.4 cm³/mol. The molecule has 0 radical (unpaired) electrons. The SMILES string of the molecule is O=Cc1ccc(-c2cccc(F)c2)nc1-c1cccc(F)c1. The lowest BCUT2D eigenvalue weighted by atomic mass is 10.0. The average molecular weight is 295 g/mol. The molecule has 0 unspecified atom stereocenters. The molecule has 4 heteroatoms. The van der Waals surface area contributed by atoms with Crippen LogP contribution < -0.4 is 0 Å². The number of hydrogen-bond donors (Lipinski definition) is 0. The van der Waals surface area contributed by atoms with Gasteiger partial charge >= 0.3 is 0 Å². The molecule has 1 aromatic heterocycles. The second kappa shape index (κ2) is 5.85. The molecule has 0 amide bonds. The Kier molecular flexibility index (Phi) is 3.74. The second-order valence-electron chi connectivity index (χ2n) is 4.77. The molecular weight excluding hydrogens is 284 g/mol. The van der Waals surface area contributed by atoms with E-state index < -0.39 is 5.82 Å². The molecule has 0 saturated heterocycles. The normalized spacial score (nSPS) is 10.5. The maximum Gasteiger partial charge on any atom is 0.152 e. The van der Waals surface area contributed by atoms with Gasteiger partial charge in [-0.1, -0.05) is 24.3 Å². The summed E-state index contributed by atoms with van der Waals surface area (Å²) < 4.78 is 26.7. The molecule has 1 heterocycles. The Labute approximate surface area is 126 Å². The van der Waals surface area contributed by atoms with Crippen LogP contribution in [-0.2, 0) is 0 Å². The van der Waals surface area contributed by atoms with E-state index in [1.165, 1.54) is 24.3 Å². The zero-order valence-electron chi connectivity index (χ0n) is 11.5. The molecule has 0 aliphatic carbocycles. The highest BCUT2D eigenvalue weighted by Crippen LogP contribution is 2.26. The average Bonchev–Trinajstić information content (AvgIpc) is 2.54. The lowest BCUT2D eigenvalue weighted by Gasteiger charge is -2.08. The predicted octanol–water partition coefficient (Wildman–Crippen LogP) is 4.51. The van der Waals surface area contributed by atoms with Crippen LogP contribution >= 0.6 is 0 Å². The molecule has 0 bridgehead atoms. The molecule has 2 nitrogen and oxygen atoms in total. The van der Waals surface area contributed by atoms with Gasteiger partial charge in [0.2, 0.25) is 0 Å². The first kappa shape index (κ1) is 14.1. The van der Waals surface area contributed by atoms with Gasteiger partial charge in [0.25, 0.3) is 0 Å². The van der Waals surface area contributed by atoms with E-state index in [1.54, 1.807) is 36.4 Å². The van der Waals surface area contributed by atoms with Gasteiger partial charge in [-0.05, 0) is 36.4 Å². The van der Waals surface area contributed by atoms with Gasteiger partial charge in [-0.2, -0.15) is 0 Å². The summed E-state index contributed by atoms with van der Waals surface area (Å²) >= 11 is 0. The van der Waals surface area contributed by atoms with Crippen LogP contribution in [-0.4, -0.2) is 11.3 Å². The van der Waals surface area contributed by atoms with E-state index >= 15 is 0 Å². The van der Waals surface area contributed by atoms with Crippen molar-refractivity contribution in [3.05, 3.63) is 77.9 Å². The molecule has 0 saturated carbocycles. The van der Waals surface area contributed by atoms with Gasteiger partial charge in [0.15, 0.2) is 6.29 Å². The number of rotatable bonds is 3. The minimum atomic E-state index is -0.410. The number of nitrogens with zero attached hydrogens (tertiary/aromatic N) is 1. The first-order valence-corrected chi connectivity index (χ1v) is 6.65. The fraction of sp³-hybridized carbons (Fsp3) is 0. The molecule has 0 N–H and O–H groups in total. The zero-order valence-corrected chi connectivity index (χ0v) is 11.5. The van der Waals surface area contributed by atoms with Gasteiger partial charge in [-0.25, -0.2) is 13.8 Å². The number of benzene rings is 2. The maximum absolute atomic E-state index is 13.4. The Balaban J connectivity index is 2.17. The maximum atomic E-state index is 13.4. The summed E-state index contributed by atoms with van der Waals surface area (Å²) in [6, 6.07) is 15.1. The van der Waals surface area contributed by atoms with Crippen molar-refractivity contribution < 1.29 is 13.6 Å². The molecule has 3 rings (SSSR count). The Morgan fingerprint density at radius 2 is 1.45 bits per heavy atom. The topological polar surface area (TPSA) is 30.0 Å². The Morgan fingerprint density at radius 3 is 2.09 bits per heavy atom. The number of aldehydes is 1. The summed E-state index contributed by atoms with van der Waals surface area (Å²) in [6.07, 6.45) is 0.669. The van der Waals surface area contributed by atoms with Gasteiger partial charge in [0.05, 0.1) is 11.4 Å². The largest absolute Gasteiger partial charge is 0.298 e. The lowest BCUT2D eigenvalue weighted by molar-refractivity contribution is 0.112. The van der Waals surface area contributed by atoms with E-state index in [1.807, 2.05) is 0 Å². The number of carbonyl (C=O) groups excluding carboxylic acids is 1. The Hall–Kier alpha value is -2.88. The zero-order chi connectivity index (χ0) is 15.5. The van der Waals surface area contributed by atoms with Crippen LogP contribution in [0, 0.1) is 11.6 Å². The first-order chi connectivity index (χ1) is 10.7. The van der Waals surface area contributed by atoms with Crippen LogP contribution in [0.25, 0.3) is 22.5 Å². The molecule has 0 spiro atoms. The number of pyridine rings is 1. The molecule has 0 atom stereocenters. The van der Waals surface area contributed by atoms with E-state index in [0.717, 1.165) is 0 Å². The van der Waals surface area contributed by atoms with Gasteiger partial charge in [-0.3, -0.25) is 4.79 Å². The van der Waals surface area contributed by atoms with Crippen LogP contribution in [0.15, 0.2) is 60.7 Å². The van der Waals surface area contributed by atoms with Crippen LogP contribution in [0.2, 0.25) is 0 Å². The molecule has 2 aromatic carbocycles. The molecular formula is C18H11F2NO. The highest BCUT2D eigenvalue weighted by Gasteiger charge is 2.10. The molecule has 22 heavy (non-hydrogen) atoms. The fourth-order valence-corrected chi connectivity index (χ4v) is 2.24.